The zero-order chi connectivity index (χ0) is 14.7. The van der Waals surface area contributed by atoms with Gasteiger partial charge in [0.05, 0.1) is 16.5 Å². The average Bonchev–Trinajstić information content (AvgIpc) is 2.40. The van der Waals surface area contributed by atoms with E-state index in [9.17, 15) is 10.1 Å². The highest BCUT2D eigenvalue weighted by atomic mass is 79.9. The first-order valence-electron chi connectivity index (χ1n) is 5.64. The lowest BCUT2D eigenvalue weighted by atomic mass is 10.3. The zero-order valence-electron chi connectivity index (χ0n) is 10.8. The summed E-state index contributed by atoms with van der Waals surface area (Å²) in [7, 11) is 1.57. The van der Waals surface area contributed by atoms with Crippen molar-refractivity contribution in [1.29, 1.82) is 0 Å². The molecule has 0 saturated heterocycles. The van der Waals surface area contributed by atoms with E-state index < -0.39 is 4.92 Å². The minimum Gasteiger partial charge on any atom is -0.497 e. The van der Waals surface area contributed by atoms with Gasteiger partial charge in [0.1, 0.15) is 17.2 Å². The molecule has 2 rings (SSSR count). The Balaban J connectivity index is 2.26. The molecule has 20 heavy (non-hydrogen) atoms. The second kappa shape index (κ2) is 5.87. The van der Waals surface area contributed by atoms with E-state index in [4.69, 9.17) is 9.47 Å². The number of aryl methyl sites for hydroxylation is 1. The summed E-state index contributed by atoms with van der Waals surface area (Å²) in [5, 5.41) is 10.7. The summed E-state index contributed by atoms with van der Waals surface area (Å²) in [6, 6.07) is 8.06. The zero-order valence-corrected chi connectivity index (χ0v) is 12.4. The Hall–Kier alpha value is -2.15. The summed E-state index contributed by atoms with van der Waals surface area (Å²) in [6.07, 6.45) is 0. The topological polar surface area (TPSA) is 74.5 Å². The van der Waals surface area contributed by atoms with Crippen LogP contribution in [0.3, 0.4) is 0 Å². The number of rotatable bonds is 4. The Kier molecular flexibility index (Phi) is 4.19. The summed E-state index contributed by atoms with van der Waals surface area (Å²) in [6.45, 7) is 1.56. The summed E-state index contributed by atoms with van der Waals surface area (Å²) < 4.78 is 11.4. The highest BCUT2D eigenvalue weighted by Gasteiger charge is 2.13. The van der Waals surface area contributed by atoms with Crippen LogP contribution in [0, 0.1) is 17.0 Å². The Morgan fingerprint density at radius 2 is 2.05 bits per heavy atom. The Morgan fingerprint density at radius 1 is 1.30 bits per heavy atom. The monoisotopic (exact) mass is 338 g/mol. The van der Waals surface area contributed by atoms with Crippen LogP contribution in [0.2, 0.25) is 0 Å². The summed E-state index contributed by atoms with van der Waals surface area (Å²) in [4.78, 5) is 14.3. The minimum absolute atomic E-state index is 0.0360. The van der Waals surface area contributed by atoms with Gasteiger partial charge in [-0.1, -0.05) is 0 Å². The Labute approximate surface area is 123 Å². The van der Waals surface area contributed by atoms with Gasteiger partial charge in [-0.05, 0) is 41.1 Å². The number of pyridine rings is 1. The van der Waals surface area contributed by atoms with E-state index in [1.165, 1.54) is 12.1 Å². The number of nitrogens with zero attached hydrogens (tertiary/aromatic N) is 2. The van der Waals surface area contributed by atoms with E-state index in [0.717, 1.165) is 0 Å². The number of halogens is 1. The molecule has 0 unspecified atom stereocenters. The van der Waals surface area contributed by atoms with Gasteiger partial charge in [-0.25, -0.2) is 4.98 Å². The predicted octanol–water partition coefficient (Wildman–Crippen LogP) is 3.86. The standard InChI is InChI=1S/C13H11BrN2O4/c1-8-11(16(17)18)4-6-13(15-8)20-12-5-3-9(19-2)7-10(12)14/h3-7H,1-2H3. The van der Waals surface area contributed by atoms with Crippen LogP contribution < -0.4 is 9.47 Å². The molecule has 0 aliphatic carbocycles. The van der Waals surface area contributed by atoms with Gasteiger partial charge in [-0.15, -0.1) is 0 Å². The number of ether oxygens (including phenoxy) is 2. The van der Waals surface area contributed by atoms with Crippen molar-refractivity contribution < 1.29 is 14.4 Å². The number of benzene rings is 1. The van der Waals surface area contributed by atoms with Crippen molar-refractivity contribution in [3.8, 4) is 17.4 Å². The smallest absolute Gasteiger partial charge is 0.290 e. The van der Waals surface area contributed by atoms with Gasteiger partial charge in [0.15, 0.2) is 0 Å². The summed E-state index contributed by atoms with van der Waals surface area (Å²) in [5.74, 6) is 1.53. The molecule has 0 spiro atoms. The maximum Gasteiger partial charge on any atom is 0.290 e. The third-order valence-corrected chi connectivity index (χ3v) is 3.20. The molecule has 1 heterocycles. The second-order valence-electron chi connectivity index (χ2n) is 3.91. The fourth-order valence-corrected chi connectivity index (χ4v) is 2.02. The summed E-state index contributed by atoms with van der Waals surface area (Å²) >= 11 is 3.36. The van der Waals surface area contributed by atoms with Crippen LogP contribution in [-0.4, -0.2) is 17.0 Å². The maximum absolute atomic E-state index is 10.7. The van der Waals surface area contributed by atoms with Gasteiger partial charge in [-0.3, -0.25) is 10.1 Å². The van der Waals surface area contributed by atoms with Crippen LogP contribution in [-0.2, 0) is 0 Å². The molecule has 0 radical (unpaired) electrons. The Bertz CT molecular complexity index is 661. The van der Waals surface area contributed by atoms with E-state index in [2.05, 4.69) is 20.9 Å². The van der Waals surface area contributed by atoms with Crippen molar-refractivity contribution in [2.45, 2.75) is 6.92 Å². The largest absolute Gasteiger partial charge is 0.497 e. The van der Waals surface area contributed by atoms with Gasteiger partial charge < -0.3 is 9.47 Å². The van der Waals surface area contributed by atoms with Crippen LogP contribution in [0.1, 0.15) is 5.69 Å². The predicted molar refractivity (Wildman–Crippen MR) is 76.4 cm³/mol. The summed E-state index contributed by atoms with van der Waals surface area (Å²) in [5.41, 5.74) is 0.267. The molecule has 1 aromatic heterocycles. The molecule has 1 aromatic carbocycles. The van der Waals surface area contributed by atoms with E-state index in [-0.39, 0.29) is 5.69 Å². The molecule has 0 amide bonds. The van der Waals surface area contributed by atoms with E-state index in [0.29, 0.717) is 27.5 Å². The molecule has 0 saturated carbocycles. The minimum atomic E-state index is -0.477. The maximum atomic E-state index is 10.7. The average molecular weight is 339 g/mol. The first-order chi connectivity index (χ1) is 9.51. The first kappa shape index (κ1) is 14.3. The molecule has 0 bridgehead atoms. The van der Waals surface area contributed by atoms with Gasteiger partial charge in [0, 0.05) is 12.1 Å². The van der Waals surface area contributed by atoms with Crippen molar-refractivity contribution in [2.75, 3.05) is 7.11 Å². The fraction of sp³-hybridized carbons (Fsp3) is 0.154. The molecule has 6 nitrogen and oxygen atoms in total. The molecule has 0 aliphatic rings. The van der Waals surface area contributed by atoms with Crippen LogP contribution in [0.15, 0.2) is 34.8 Å². The highest BCUT2D eigenvalue weighted by Crippen LogP contribution is 2.32. The van der Waals surface area contributed by atoms with Gasteiger partial charge >= 0.3 is 0 Å². The first-order valence-corrected chi connectivity index (χ1v) is 6.44. The van der Waals surface area contributed by atoms with E-state index in [1.807, 2.05) is 0 Å². The molecule has 0 atom stereocenters. The SMILES string of the molecule is COc1ccc(Oc2ccc([N+](=O)[O-])c(C)n2)c(Br)c1. The van der Waals surface area contributed by atoms with Crippen molar-refractivity contribution in [3.63, 3.8) is 0 Å². The Morgan fingerprint density at radius 3 is 2.60 bits per heavy atom. The molecule has 0 aliphatic heterocycles. The third kappa shape index (κ3) is 3.05. The lowest BCUT2D eigenvalue weighted by Crippen LogP contribution is -1.96. The molecule has 104 valence electrons. The number of aromatic nitrogens is 1. The van der Waals surface area contributed by atoms with Crippen LogP contribution in [0.4, 0.5) is 5.69 Å². The number of nitro groups is 1. The van der Waals surface area contributed by atoms with Crippen LogP contribution in [0.5, 0.6) is 17.4 Å². The van der Waals surface area contributed by atoms with Crippen LogP contribution >= 0.6 is 15.9 Å². The van der Waals surface area contributed by atoms with Crippen molar-refractivity contribution in [2.24, 2.45) is 0 Å². The highest BCUT2D eigenvalue weighted by molar-refractivity contribution is 9.10. The van der Waals surface area contributed by atoms with Gasteiger partial charge in [0.2, 0.25) is 5.88 Å². The molecular formula is C13H11BrN2O4. The fourth-order valence-electron chi connectivity index (χ4n) is 1.58. The van der Waals surface area contributed by atoms with E-state index in [1.54, 1.807) is 32.2 Å². The van der Waals surface area contributed by atoms with Crippen molar-refractivity contribution >= 4 is 21.6 Å². The lowest BCUT2D eigenvalue weighted by Gasteiger charge is -2.08. The van der Waals surface area contributed by atoms with Crippen molar-refractivity contribution in [3.05, 3.63) is 50.6 Å². The van der Waals surface area contributed by atoms with Gasteiger partial charge in [0.25, 0.3) is 5.69 Å². The van der Waals surface area contributed by atoms with Crippen molar-refractivity contribution in [1.82, 2.24) is 4.98 Å². The molecular weight excluding hydrogens is 328 g/mol. The third-order valence-electron chi connectivity index (χ3n) is 2.58. The normalized spacial score (nSPS) is 10.2. The number of hydrogen-bond acceptors (Lipinski definition) is 5. The quantitative estimate of drug-likeness (QED) is 0.625. The number of methoxy groups -OCH3 is 1. The van der Waals surface area contributed by atoms with E-state index >= 15 is 0 Å². The molecule has 0 N–H and O–H groups in total. The molecule has 0 fully saturated rings. The lowest BCUT2D eigenvalue weighted by molar-refractivity contribution is -0.385. The molecule has 7 heteroatoms. The number of hydrogen-bond donors (Lipinski definition) is 0. The second-order valence-corrected chi connectivity index (χ2v) is 4.76. The van der Waals surface area contributed by atoms with Gasteiger partial charge in [-0.2, -0.15) is 0 Å². The molecule has 2 aromatic rings. The van der Waals surface area contributed by atoms with Crippen LogP contribution in [0.25, 0.3) is 0 Å².